The SMILES string of the molecule is CCC(C)(CC(C(=O)OCC(F)(F)F)C(C)C(=O)OCC(F)(F)F)OC(=O)N(C)C. The summed E-state index contributed by atoms with van der Waals surface area (Å²) < 4.78 is 87.5. The predicted octanol–water partition coefficient (Wildman–Crippen LogP) is 3.71. The van der Waals surface area contributed by atoms with Crippen LogP contribution in [0, 0.1) is 11.8 Å². The normalized spacial score (nSPS) is 16.1. The number of hydrogen-bond acceptors (Lipinski definition) is 6. The number of esters is 2. The minimum Gasteiger partial charge on any atom is -0.456 e. The lowest BCUT2D eigenvalue weighted by Crippen LogP contribution is -2.42. The fourth-order valence-corrected chi connectivity index (χ4v) is 2.20. The van der Waals surface area contributed by atoms with Gasteiger partial charge in [0.25, 0.3) is 0 Å². The summed E-state index contributed by atoms with van der Waals surface area (Å²) in [6.45, 7) is 0.0517. The minimum absolute atomic E-state index is 0.0833. The van der Waals surface area contributed by atoms with Crippen LogP contribution < -0.4 is 0 Å². The molecule has 13 heteroatoms. The zero-order valence-electron chi connectivity index (χ0n) is 17.1. The van der Waals surface area contributed by atoms with E-state index in [1.165, 1.54) is 21.0 Å². The van der Waals surface area contributed by atoms with E-state index in [-0.39, 0.29) is 6.42 Å². The Morgan fingerprint density at radius 3 is 1.70 bits per heavy atom. The van der Waals surface area contributed by atoms with Crippen molar-refractivity contribution >= 4 is 18.0 Å². The number of nitrogens with zero attached hydrogens (tertiary/aromatic N) is 1. The molecule has 0 bridgehead atoms. The van der Waals surface area contributed by atoms with Crippen LogP contribution in [-0.2, 0) is 23.8 Å². The first-order chi connectivity index (χ1) is 13.4. The van der Waals surface area contributed by atoms with Gasteiger partial charge in [-0.15, -0.1) is 0 Å². The van der Waals surface area contributed by atoms with E-state index in [0.29, 0.717) is 0 Å². The standard InChI is InChI=1S/C17H25F6NO6/c1-6-15(3,30-14(27)24(4)5)7-11(13(26)29-9-17(21,22)23)10(2)12(25)28-8-16(18,19)20/h10-11H,6-9H2,1-5H3. The molecule has 0 saturated carbocycles. The molecule has 0 aromatic heterocycles. The van der Waals surface area contributed by atoms with E-state index in [9.17, 15) is 40.7 Å². The molecule has 176 valence electrons. The summed E-state index contributed by atoms with van der Waals surface area (Å²) in [5.74, 6) is -6.20. The number of carbonyl (C=O) groups is 3. The molecule has 0 aromatic rings. The van der Waals surface area contributed by atoms with Crippen LogP contribution in [0.4, 0.5) is 31.1 Å². The molecule has 30 heavy (non-hydrogen) atoms. The highest BCUT2D eigenvalue weighted by Crippen LogP contribution is 2.32. The molecule has 0 heterocycles. The first kappa shape index (κ1) is 27.8. The second-order valence-corrected chi connectivity index (χ2v) is 7.11. The molecule has 7 nitrogen and oxygen atoms in total. The minimum atomic E-state index is -4.86. The largest absolute Gasteiger partial charge is 0.456 e. The van der Waals surface area contributed by atoms with E-state index < -0.39 is 67.5 Å². The average Bonchev–Trinajstić information content (AvgIpc) is 2.60. The number of halogens is 6. The molecular formula is C17H25F6NO6. The second kappa shape index (κ2) is 10.7. The molecule has 0 aliphatic rings. The zero-order valence-corrected chi connectivity index (χ0v) is 17.1. The Labute approximate surface area is 169 Å². The summed E-state index contributed by atoms with van der Waals surface area (Å²) in [5, 5.41) is 0. The number of hydrogen-bond donors (Lipinski definition) is 0. The van der Waals surface area contributed by atoms with E-state index in [1.807, 2.05) is 0 Å². The van der Waals surface area contributed by atoms with Crippen LogP contribution >= 0.6 is 0 Å². The van der Waals surface area contributed by atoms with Gasteiger partial charge in [0, 0.05) is 20.5 Å². The van der Waals surface area contributed by atoms with Gasteiger partial charge in [0.2, 0.25) is 0 Å². The first-order valence-electron chi connectivity index (χ1n) is 8.78. The van der Waals surface area contributed by atoms with Gasteiger partial charge in [-0.05, 0) is 13.3 Å². The first-order valence-corrected chi connectivity index (χ1v) is 8.78. The monoisotopic (exact) mass is 453 g/mol. The summed E-state index contributed by atoms with van der Waals surface area (Å²) in [4.78, 5) is 37.1. The van der Waals surface area contributed by atoms with Gasteiger partial charge in [-0.25, -0.2) is 4.79 Å². The highest BCUT2D eigenvalue weighted by molar-refractivity contribution is 5.82. The van der Waals surface area contributed by atoms with Crippen LogP contribution in [0.1, 0.15) is 33.6 Å². The van der Waals surface area contributed by atoms with Crippen LogP contribution in [0.15, 0.2) is 0 Å². The predicted molar refractivity (Wildman–Crippen MR) is 90.2 cm³/mol. The van der Waals surface area contributed by atoms with Crippen molar-refractivity contribution in [3.8, 4) is 0 Å². The Morgan fingerprint density at radius 1 is 0.900 bits per heavy atom. The van der Waals surface area contributed by atoms with Crippen LogP contribution in [0.5, 0.6) is 0 Å². The Morgan fingerprint density at radius 2 is 1.33 bits per heavy atom. The van der Waals surface area contributed by atoms with Gasteiger partial charge in [0.05, 0.1) is 11.8 Å². The van der Waals surface area contributed by atoms with Crippen molar-refractivity contribution in [2.45, 2.75) is 51.6 Å². The van der Waals surface area contributed by atoms with Gasteiger partial charge in [-0.3, -0.25) is 9.59 Å². The molecule has 3 atom stereocenters. The summed E-state index contributed by atoms with van der Waals surface area (Å²) >= 11 is 0. The second-order valence-electron chi connectivity index (χ2n) is 7.11. The maximum Gasteiger partial charge on any atom is 0.422 e. The molecule has 0 saturated heterocycles. The average molecular weight is 453 g/mol. The fourth-order valence-electron chi connectivity index (χ4n) is 2.20. The number of rotatable bonds is 9. The zero-order chi connectivity index (χ0) is 23.9. The van der Waals surface area contributed by atoms with E-state index in [0.717, 1.165) is 11.8 Å². The van der Waals surface area contributed by atoms with Crippen molar-refractivity contribution in [2.75, 3.05) is 27.3 Å². The number of ether oxygens (including phenoxy) is 3. The molecule has 0 aliphatic carbocycles. The Balaban J connectivity index is 5.61. The lowest BCUT2D eigenvalue weighted by Gasteiger charge is -2.34. The van der Waals surface area contributed by atoms with Crippen LogP contribution in [0.25, 0.3) is 0 Å². The summed E-state index contributed by atoms with van der Waals surface area (Å²) in [5.41, 5.74) is -1.43. The van der Waals surface area contributed by atoms with Crippen molar-refractivity contribution in [2.24, 2.45) is 11.8 Å². The third-order valence-electron chi connectivity index (χ3n) is 4.13. The van der Waals surface area contributed by atoms with Crippen molar-refractivity contribution in [3.63, 3.8) is 0 Å². The maximum atomic E-state index is 12.4. The topological polar surface area (TPSA) is 82.1 Å². The smallest absolute Gasteiger partial charge is 0.422 e. The van der Waals surface area contributed by atoms with Gasteiger partial charge in [-0.1, -0.05) is 13.8 Å². The van der Waals surface area contributed by atoms with Gasteiger partial charge in [0.1, 0.15) is 5.60 Å². The molecule has 0 fully saturated rings. The molecular weight excluding hydrogens is 428 g/mol. The molecule has 0 N–H and O–H groups in total. The molecule has 0 rings (SSSR count). The maximum absolute atomic E-state index is 12.4. The quantitative estimate of drug-likeness (QED) is 0.301. The highest BCUT2D eigenvalue weighted by atomic mass is 19.4. The summed E-state index contributed by atoms with van der Waals surface area (Å²) in [7, 11) is 2.73. The molecule has 0 aliphatic heterocycles. The van der Waals surface area contributed by atoms with Crippen molar-refractivity contribution < 1.29 is 54.9 Å². The third kappa shape index (κ3) is 10.5. The molecule has 0 radical (unpaired) electrons. The Kier molecular flexibility index (Phi) is 9.92. The molecule has 0 aromatic carbocycles. The van der Waals surface area contributed by atoms with Crippen LogP contribution in [0.2, 0.25) is 0 Å². The van der Waals surface area contributed by atoms with E-state index in [2.05, 4.69) is 9.47 Å². The number of carbonyl (C=O) groups excluding carboxylic acids is 3. The molecule has 1 amide bonds. The lowest BCUT2D eigenvalue weighted by molar-refractivity contribution is -0.197. The van der Waals surface area contributed by atoms with E-state index in [4.69, 9.17) is 4.74 Å². The summed E-state index contributed by atoms with van der Waals surface area (Å²) in [6, 6.07) is 0. The van der Waals surface area contributed by atoms with Crippen molar-refractivity contribution in [3.05, 3.63) is 0 Å². The number of alkyl halides is 6. The van der Waals surface area contributed by atoms with Gasteiger partial charge >= 0.3 is 30.4 Å². The number of amides is 1. The molecule has 3 unspecified atom stereocenters. The third-order valence-corrected chi connectivity index (χ3v) is 4.13. The summed E-state index contributed by atoms with van der Waals surface area (Å²) in [6.07, 6.45) is -10.9. The van der Waals surface area contributed by atoms with Crippen molar-refractivity contribution in [1.29, 1.82) is 0 Å². The van der Waals surface area contributed by atoms with Crippen LogP contribution in [0.3, 0.4) is 0 Å². The fraction of sp³-hybridized carbons (Fsp3) is 0.824. The van der Waals surface area contributed by atoms with Gasteiger partial charge in [-0.2, -0.15) is 26.3 Å². The van der Waals surface area contributed by atoms with Crippen molar-refractivity contribution in [1.82, 2.24) is 4.90 Å². The van der Waals surface area contributed by atoms with Crippen LogP contribution in [-0.4, -0.2) is 68.2 Å². The molecule has 0 spiro atoms. The van der Waals surface area contributed by atoms with E-state index in [1.54, 1.807) is 6.92 Å². The Bertz CT molecular complexity index is 607. The van der Waals surface area contributed by atoms with E-state index >= 15 is 0 Å². The highest BCUT2D eigenvalue weighted by Gasteiger charge is 2.42. The van der Waals surface area contributed by atoms with Gasteiger partial charge < -0.3 is 19.1 Å². The Hall–Kier alpha value is -2.21. The lowest BCUT2D eigenvalue weighted by atomic mass is 9.82. The van der Waals surface area contributed by atoms with Gasteiger partial charge in [0.15, 0.2) is 13.2 Å².